The molecule has 0 radical (unpaired) electrons. The van der Waals surface area contributed by atoms with Crippen LogP contribution in [0.4, 0.5) is 0 Å². The average Bonchev–Trinajstić information content (AvgIpc) is 3.41. The average molecular weight is 485 g/mol. The second-order valence-corrected chi connectivity index (χ2v) is 9.39. The van der Waals surface area contributed by atoms with Crippen molar-refractivity contribution in [2.75, 3.05) is 13.3 Å². The van der Waals surface area contributed by atoms with Crippen LogP contribution in [-0.4, -0.2) is 28.5 Å². The van der Waals surface area contributed by atoms with Crippen LogP contribution in [0.25, 0.3) is 17.0 Å². The highest BCUT2D eigenvalue weighted by atomic mass is 35.5. The van der Waals surface area contributed by atoms with Gasteiger partial charge in [-0.15, -0.1) is 0 Å². The fourth-order valence-corrected chi connectivity index (χ4v) is 5.01. The number of aryl methyl sites for hydroxylation is 1. The summed E-state index contributed by atoms with van der Waals surface area (Å²) in [4.78, 5) is 15.5. The molecular weight excluding hydrogens is 460 g/mol. The Labute approximate surface area is 209 Å². The zero-order chi connectivity index (χ0) is 23.9. The third-order valence-corrected chi connectivity index (χ3v) is 7.01. The summed E-state index contributed by atoms with van der Waals surface area (Å²) in [6.45, 7) is 4.98. The van der Waals surface area contributed by atoms with E-state index < -0.39 is 0 Å². The van der Waals surface area contributed by atoms with Crippen molar-refractivity contribution in [3.63, 3.8) is 0 Å². The van der Waals surface area contributed by atoms with Gasteiger partial charge in [-0.25, -0.2) is 0 Å². The van der Waals surface area contributed by atoms with Crippen molar-refractivity contribution in [1.82, 2.24) is 9.47 Å². The lowest BCUT2D eigenvalue weighted by molar-refractivity contribution is 0.0950. The van der Waals surface area contributed by atoms with Crippen molar-refractivity contribution >= 4 is 34.4 Å². The highest BCUT2D eigenvalue weighted by molar-refractivity contribution is 6.30. The van der Waals surface area contributed by atoms with E-state index in [1.54, 1.807) is 0 Å². The molecule has 0 unspecified atom stereocenters. The molecule has 6 rings (SSSR count). The number of carbonyl (C=O) groups excluding carboxylic acids is 1. The van der Waals surface area contributed by atoms with E-state index >= 15 is 0 Å². The molecule has 1 aromatic heterocycles. The minimum atomic E-state index is -0.0885. The zero-order valence-corrected chi connectivity index (χ0v) is 20.2. The molecule has 0 bridgehead atoms. The normalized spacial score (nSPS) is 16.3. The SMILES string of the molecule is CCn1cc(/C=C2\Oc3c(ccc4c3CN(CCc3ccc(Cl)cc3)CO4)C2=O)c2ccccc21. The number of benzene rings is 3. The van der Waals surface area contributed by atoms with Gasteiger partial charge in [0.05, 0.1) is 11.1 Å². The molecule has 35 heavy (non-hydrogen) atoms. The van der Waals surface area contributed by atoms with E-state index in [4.69, 9.17) is 21.1 Å². The van der Waals surface area contributed by atoms with Crippen LogP contribution < -0.4 is 9.47 Å². The minimum absolute atomic E-state index is 0.0885. The molecule has 0 amide bonds. The van der Waals surface area contributed by atoms with Gasteiger partial charge in [0, 0.05) is 47.3 Å². The Bertz CT molecular complexity index is 1470. The lowest BCUT2D eigenvalue weighted by atomic mass is 10.0. The minimum Gasteiger partial charge on any atom is -0.478 e. The summed E-state index contributed by atoms with van der Waals surface area (Å²) in [5.41, 5.74) is 4.87. The molecule has 0 aliphatic carbocycles. The van der Waals surface area contributed by atoms with Crippen LogP contribution in [-0.2, 0) is 19.5 Å². The summed E-state index contributed by atoms with van der Waals surface area (Å²) in [6.07, 6.45) is 4.83. The standard InChI is InChI=1S/C29H25ClN2O3/c1-2-32-16-20(22-5-3-4-6-25(22)32)15-27-28(33)23-11-12-26-24(29(23)35-27)17-31(18-34-26)14-13-19-7-9-21(30)10-8-19/h3-12,15-16H,2,13-14,17-18H2,1H3/b27-15-. The van der Waals surface area contributed by atoms with Crippen LogP contribution in [0.2, 0.25) is 5.02 Å². The van der Waals surface area contributed by atoms with Gasteiger partial charge in [-0.3, -0.25) is 9.69 Å². The molecule has 0 fully saturated rings. The molecule has 2 aliphatic heterocycles. The summed E-state index contributed by atoms with van der Waals surface area (Å²) >= 11 is 6.01. The number of carbonyl (C=O) groups is 1. The third kappa shape index (κ3) is 4.01. The van der Waals surface area contributed by atoms with Gasteiger partial charge in [-0.2, -0.15) is 0 Å². The van der Waals surface area contributed by atoms with E-state index in [1.165, 1.54) is 5.56 Å². The van der Waals surface area contributed by atoms with Gasteiger partial charge in [0.2, 0.25) is 5.78 Å². The van der Waals surface area contributed by atoms with Crippen LogP contribution in [0.1, 0.15) is 34.0 Å². The van der Waals surface area contributed by atoms with E-state index in [0.717, 1.165) is 52.3 Å². The lowest BCUT2D eigenvalue weighted by Gasteiger charge is -2.29. The van der Waals surface area contributed by atoms with Crippen molar-refractivity contribution in [3.8, 4) is 11.5 Å². The topological polar surface area (TPSA) is 43.7 Å². The smallest absolute Gasteiger partial charge is 0.231 e. The maximum Gasteiger partial charge on any atom is 0.231 e. The predicted molar refractivity (Wildman–Crippen MR) is 138 cm³/mol. The number of Topliss-reactive ketones (excluding diaryl/α,β-unsaturated/α-hetero) is 1. The van der Waals surface area contributed by atoms with E-state index in [1.807, 2.05) is 54.6 Å². The molecule has 176 valence electrons. The third-order valence-electron chi connectivity index (χ3n) is 6.76. The van der Waals surface area contributed by atoms with Crippen molar-refractivity contribution in [3.05, 3.63) is 99.9 Å². The van der Waals surface area contributed by atoms with E-state index in [-0.39, 0.29) is 5.78 Å². The van der Waals surface area contributed by atoms with E-state index in [9.17, 15) is 4.79 Å². The highest BCUT2D eigenvalue weighted by Crippen LogP contribution is 2.42. The Morgan fingerprint density at radius 1 is 1.06 bits per heavy atom. The monoisotopic (exact) mass is 484 g/mol. The van der Waals surface area contributed by atoms with Crippen LogP contribution in [0.5, 0.6) is 11.5 Å². The first-order valence-electron chi connectivity index (χ1n) is 11.9. The van der Waals surface area contributed by atoms with Crippen molar-refractivity contribution < 1.29 is 14.3 Å². The second kappa shape index (κ2) is 8.91. The largest absolute Gasteiger partial charge is 0.478 e. The van der Waals surface area contributed by atoms with Gasteiger partial charge < -0.3 is 14.0 Å². The Morgan fingerprint density at radius 3 is 2.71 bits per heavy atom. The lowest BCUT2D eigenvalue weighted by Crippen LogP contribution is -2.33. The molecule has 5 nitrogen and oxygen atoms in total. The first kappa shape index (κ1) is 22.0. The number of nitrogens with zero attached hydrogens (tertiary/aromatic N) is 2. The number of ether oxygens (including phenoxy) is 2. The van der Waals surface area contributed by atoms with Crippen molar-refractivity contribution in [2.45, 2.75) is 26.4 Å². The fourth-order valence-electron chi connectivity index (χ4n) is 4.88. The Morgan fingerprint density at radius 2 is 1.89 bits per heavy atom. The number of halogens is 1. The van der Waals surface area contributed by atoms with E-state index in [2.05, 4.69) is 34.7 Å². The quantitative estimate of drug-likeness (QED) is 0.311. The first-order chi connectivity index (χ1) is 17.1. The molecule has 2 aliphatic rings. The maximum absolute atomic E-state index is 13.3. The second-order valence-electron chi connectivity index (χ2n) is 8.95. The Kier molecular flexibility index (Phi) is 5.59. The fraction of sp³-hybridized carbons (Fsp3) is 0.207. The number of para-hydroxylation sites is 1. The molecule has 0 saturated carbocycles. The predicted octanol–water partition coefficient (Wildman–Crippen LogP) is 6.33. The Balaban J connectivity index is 1.26. The molecular formula is C29H25ClN2O3. The summed E-state index contributed by atoms with van der Waals surface area (Å²) in [5, 5.41) is 1.84. The number of ketones is 1. The van der Waals surface area contributed by atoms with Gasteiger partial charge in [0.1, 0.15) is 18.2 Å². The highest BCUT2D eigenvalue weighted by Gasteiger charge is 2.33. The van der Waals surface area contributed by atoms with Crippen LogP contribution in [0, 0.1) is 0 Å². The van der Waals surface area contributed by atoms with Crippen LogP contribution >= 0.6 is 11.6 Å². The summed E-state index contributed by atoms with van der Waals surface area (Å²) < 4.78 is 14.4. The maximum atomic E-state index is 13.3. The summed E-state index contributed by atoms with van der Waals surface area (Å²) in [5.74, 6) is 1.66. The summed E-state index contributed by atoms with van der Waals surface area (Å²) in [7, 11) is 0. The first-order valence-corrected chi connectivity index (χ1v) is 12.3. The number of aromatic nitrogens is 1. The molecule has 6 heteroatoms. The molecule has 0 spiro atoms. The zero-order valence-electron chi connectivity index (χ0n) is 19.5. The Hall–Kier alpha value is -3.54. The molecule has 0 atom stereocenters. The van der Waals surface area contributed by atoms with Gasteiger partial charge in [-0.1, -0.05) is 41.9 Å². The van der Waals surface area contributed by atoms with Crippen LogP contribution in [0.3, 0.4) is 0 Å². The summed E-state index contributed by atoms with van der Waals surface area (Å²) in [6, 6.07) is 19.8. The van der Waals surface area contributed by atoms with Gasteiger partial charge in [-0.05, 0) is 55.3 Å². The van der Waals surface area contributed by atoms with E-state index in [0.29, 0.717) is 30.3 Å². The van der Waals surface area contributed by atoms with Crippen LogP contribution in [0.15, 0.2) is 72.6 Å². The molecule has 0 saturated heterocycles. The van der Waals surface area contributed by atoms with Crippen molar-refractivity contribution in [2.24, 2.45) is 0 Å². The molecule has 3 heterocycles. The van der Waals surface area contributed by atoms with Gasteiger partial charge in [0.15, 0.2) is 5.76 Å². The number of allylic oxidation sites excluding steroid dienone is 1. The number of fused-ring (bicyclic) bond motifs is 4. The number of rotatable bonds is 5. The van der Waals surface area contributed by atoms with Gasteiger partial charge >= 0.3 is 0 Å². The van der Waals surface area contributed by atoms with Crippen molar-refractivity contribution in [1.29, 1.82) is 0 Å². The molecule has 3 aromatic carbocycles. The molecule has 4 aromatic rings. The number of hydrogen-bond donors (Lipinski definition) is 0. The molecule has 0 N–H and O–H groups in total. The number of hydrogen-bond acceptors (Lipinski definition) is 4. The van der Waals surface area contributed by atoms with Gasteiger partial charge in [0.25, 0.3) is 0 Å².